The lowest BCUT2D eigenvalue weighted by Gasteiger charge is -2.47. The summed E-state index contributed by atoms with van der Waals surface area (Å²) in [6.45, 7) is 35.8. The second-order valence-electron chi connectivity index (χ2n) is 26.1. The van der Waals surface area contributed by atoms with Crippen molar-refractivity contribution in [1.29, 1.82) is 0 Å². The van der Waals surface area contributed by atoms with E-state index >= 15 is 0 Å². The molecule has 0 unspecified atom stereocenters. The maximum absolute atomic E-state index is 2.75. The maximum Gasteiger partial charge on any atom is 0.333 e. The first-order valence-electron chi connectivity index (χ1n) is 25.7. The molecule has 2 aliphatic carbocycles. The van der Waals surface area contributed by atoms with Crippen molar-refractivity contribution in [3.63, 3.8) is 0 Å². The van der Waals surface area contributed by atoms with Gasteiger partial charge in [-0.25, -0.2) is 0 Å². The number of nitrogens with zero attached hydrogens (tertiary/aromatic N) is 2. The maximum atomic E-state index is 2.75. The molecule has 8 aromatic rings. The summed E-state index contributed by atoms with van der Waals surface area (Å²) in [4.78, 5) is 5.37. The first-order chi connectivity index (χ1) is 32.3. The highest BCUT2D eigenvalue weighted by molar-refractivity contribution is 7.25. The minimum absolute atomic E-state index is 0.0346. The van der Waals surface area contributed by atoms with E-state index in [-0.39, 0.29) is 39.3 Å². The standard InChI is InChI=1S/C65H69BN2S/c1-60(2,3)38-20-25-41(26-21-38)67-52-29-24-40(62(7,8)9)32-51(52)66-59-54(67)35-46-43-18-16-17-19-48(43)65(14,15)58(46)57(59)47-33-44-45-34-49-50(64(12,13)31-30-63(49,10)11)36-55(45)69-56(44)37-53(47)68(66)42-27-22-39(23-28-42)61(4,5)6/h16-29,32-37H,30-31H2,1-15H3. The zero-order valence-corrected chi connectivity index (χ0v) is 44.7. The van der Waals surface area contributed by atoms with Gasteiger partial charge in [-0.1, -0.05) is 165 Å². The number of anilines is 5. The quantitative estimate of drug-likeness (QED) is 0.159. The monoisotopic (exact) mass is 921 g/mol. The van der Waals surface area contributed by atoms with Gasteiger partial charge in [-0.3, -0.25) is 0 Å². The van der Waals surface area contributed by atoms with Crippen LogP contribution in [0.4, 0.5) is 28.4 Å². The molecule has 0 saturated heterocycles. The van der Waals surface area contributed by atoms with Crippen LogP contribution in [0.1, 0.15) is 156 Å². The van der Waals surface area contributed by atoms with E-state index in [1.807, 2.05) is 11.3 Å². The number of hydrogen-bond acceptors (Lipinski definition) is 3. The second kappa shape index (κ2) is 14.3. The second-order valence-corrected chi connectivity index (χ2v) is 27.2. The molecule has 0 N–H and O–H groups in total. The third kappa shape index (κ3) is 6.49. The van der Waals surface area contributed by atoms with Gasteiger partial charge in [0.1, 0.15) is 0 Å². The van der Waals surface area contributed by atoms with Crippen molar-refractivity contribution in [2.24, 2.45) is 0 Å². The number of hydrogen-bond donors (Lipinski definition) is 0. The van der Waals surface area contributed by atoms with Gasteiger partial charge in [0, 0.05) is 59.6 Å². The molecule has 3 heterocycles. The van der Waals surface area contributed by atoms with Crippen LogP contribution in [-0.2, 0) is 32.5 Å². The Hall–Kier alpha value is -5.58. The van der Waals surface area contributed by atoms with Crippen LogP contribution in [0, 0.1) is 0 Å². The highest BCUT2D eigenvalue weighted by atomic mass is 32.1. The van der Waals surface area contributed by atoms with Crippen LogP contribution in [-0.4, -0.2) is 6.85 Å². The van der Waals surface area contributed by atoms with Crippen molar-refractivity contribution in [3.05, 3.63) is 160 Å². The Balaban J connectivity index is 1.25. The molecule has 7 aromatic carbocycles. The third-order valence-corrected chi connectivity index (χ3v) is 18.3. The summed E-state index contributed by atoms with van der Waals surface area (Å²) in [5.74, 6) is 0. The van der Waals surface area contributed by atoms with Gasteiger partial charge in [0.2, 0.25) is 0 Å². The average molecular weight is 921 g/mol. The highest BCUT2D eigenvalue weighted by Gasteiger charge is 2.50. The van der Waals surface area contributed by atoms with Gasteiger partial charge in [-0.05, 0) is 167 Å². The predicted octanol–water partition coefficient (Wildman–Crippen LogP) is 17.3. The summed E-state index contributed by atoms with van der Waals surface area (Å²) < 4.78 is 2.76. The molecule has 0 fully saturated rings. The van der Waals surface area contributed by atoms with Crippen molar-refractivity contribution in [1.82, 2.24) is 0 Å². The summed E-state index contributed by atoms with van der Waals surface area (Å²) in [5.41, 5.74) is 24.5. The van der Waals surface area contributed by atoms with Crippen LogP contribution in [0.3, 0.4) is 0 Å². The number of rotatable bonds is 2. The lowest BCUT2D eigenvalue weighted by molar-refractivity contribution is 0.332. The van der Waals surface area contributed by atoms with Gasteiger partial charge in [0.05, 0.1) is 0 Å². The Morgan fingerprint density at radius 1 is 0.478 bits per heavy atom. The van der Waals surface area contributed by atoms with E-state index in [0.29, 0.717) is 0 Å². The van der Waals surface area contributed by atoms with Crippen LogP contribution >= 0.6 is 11.3 Å². The first-order valence-corrected chi connectivity index (χ1v) is 26.5. The molecular formula is C65H69BN2S. The molecule has 0 radical (unpaired) electrons. The molecule has 348 valence electrons. The Labute approximate surface area is 416 Å². The molecule has 0 bridgehead atoms. The van der Waals surface area contributed by atoms with Gasteiger partial charge < -0.3 is 9.71 Å². The summed E-state index contributed by atoms with van der Waals surface area (Å²) in [6.07, 6.45) is 2.41. The molecule has 69 heavy (non-hydrogen) atoms. The molecule has 12 rings (SSSR count). The topological polar surface area (TPSA) is 6.48 Å². The molecule has 2 aliphatic heterocycles. The van der Waals surface area contributed by atoms with Crippen LogP contribution in [0.25, 0.3) is 42.4 Å². The molecule has 1 aromatic heterocycles. The summed E-state index contributed by atoms with van der Waals surface area (Å²) in [7, 11) is 0. The Morgan fingerprint density at radius 3 is 1.65 bits per heavy atom. The van der Waals surface area contributed by atoms with E-state index in [4.69, 9.17) is 0 Å². The Kier molecular flexibility index (Phi) is 9.24. The van der Waals surface area contributed by atoms with Gasteiger partial charge in [0.25, 0.3) is 0 Å². The molecule has 2 nitrogen and oxygen atoms in total. The zero-order chi connectivity index (χ0) is 48.7. The molecule has 4 heteroatoms. The normalized spacial score (nSPS) is 17.3. The summed E-state index contributed by atoms with van der Waals surface area (Å²) >= 11 is 1.99. The van der Waals surface area contributed by atoms with Crippen molar-refractivity contribution >= 4 is 77.7 Å². The fourth-order valence-electron chi connectivity index (χ4n) is 12.9. The van der Waals surface area contributed by atoms with Crippen molar-refractivity contribution in [2.45, 2.75) is 149 Å². The van der Waals surface area contributed by atoms with E-state index in [0.717, 1.165) is 0 Å². The van der Waals surface area contributed by atoms with Crippen LogP contribution in [0.5, 0.6) is 0 Å². The predicted molar refractivity (Wildman–Crippen MR) is 302 cm³/mol. The van der Waals surface area contributed by atoms with Crippen molar-refractivity contribution < 1.29 is 0 Å². The number of benzene rings is 7. The Bertz CT molecular complexity index is 3470. The van der Waals surface area contributed by atoms with E-state index in [1.54, 1.807) is 0 Å². The SMILES string of the molecule is CC(C)(C)c1ccc(N2B3c4cc(C(C)(C)C)ccc4N(c4ccc(C(C)(C)C)cc4)c4cc5c(c(c43)-c3cc4c(cc32)sc2cc3c(cc24)C(C)(C)CCC3(C)C)C(C)(C)c2ccccc2-5)cc1. The van der Waals surface area contributed by atoms with Crippen molar-refractivity contribution in [2.75, 3.05) is 9.71 Å². The third-order valence-electron chi connectivity index (χ3n) is 17.2. The van der Waals surface area contributed by atoms with Crippen LogP contribution in [0.15, 0.2) is 121 Å². The largest absolute Gasteiger partial charge is 0.376 e. The van der Waals surface area contributed by atoms with E-state index in [9.17, 15) is 0 Å². The smallest absolute Gasteiger partial charge is 0.333 e. The average Bonchev–Trinajstić information content (AvgIpc) is 3.75. The number of fused-ring (bicyclic) bond motifs is 12. The fourth-order valence-corrected chi connectivity index (χ4v) is 14.0. The van der Waals surface area contributed by atoms with Gasteiger partial charge >= 0.3 is 6.85 Å². The van der Waals surface area contributed by atoms with Crippen LogP contribution < -0.4 is 20.6 Å². The molecule has 0 atom stereocenters. The minimum atomic E-state index is -0.234. The molecule has 0 spiro atoms. The van der Waals surface area contributed by atoms with Gasteiger partial charge in [-0.2, -0.15) is 0 Å². The minimum Gasteiger partial charge on any atom is -0.376 e. The first kappa shape index (κ1) is 44.6. The fraction of sp³-hybridized carbons (Fsp3) is 0.354. The van der Waals surface area contributed by atoms with Crippen LogP contribution in [0.2, 0.25) is 0 Å². The van der Waals surface area contributed by atoms with Crippen molar-refractivity contribution in [3.8, 4) is 22.3 Å². The molecule has 0 saturated carbocycles. The lowest BCUT2D eigenvalue weighted by atomic mass is 9.42. The Morgan fingerprint density at radius 2 is 1.03 bits per heavy atom. The summed E-state index contributed by atoms with van der Waals surface area (Å²) in [6, 6.07) is 48.8. The number of thiophene rings is 1. The summed E-state index contributed by atoms with van der Waals surface area (Å²) in [5, 5.41) is 2.77. The molecular weight excluding hydrogens is 852 g/mol. The van der Waals surface area contributed by atoms with Gasteiger partial charge in [-0.15, -0.1) is 11.3 Å². The van der Waals surface area contributed by atoms with E-state index < -0.39 is 0 Å². The van der Waals surface area contributed by atoms with E-state index in [1.165, 1.54) is 134 Å². The zero-order valence-electron chi connectivity index (χ0n) is 43.8. The van der Waals surface area contributed by atoms with Gasteiger partial charge in [0.15, 0.2) is 0 Å². The molecule has 0 amide bonds. The highest BCUT2D eigenvalue weighted by Crippen LogP contribution is 2.59. The lowest BCUT2D eigenvalue weighted by Crippen LogP contribution is -2.62. The molecule has 4 aliphatic rings. The van der Waals surface area contributed by atoms with E-state index in [2.05, 4.69) is 235 Å².